The summed E-state index contributed by atoms with van der Waals surface area (Å²) in [6.07, 6.45) is -7.37. The molecule has 0 aliphatic rings. The van der Waals surface area contributed by atoms with Crippen molar-refractivity contribution in [1.29, 1.82) is 0 Å². The molecule has 2 atom stereocenters. The molecule has 0 saturated carbocycles. The van der Waals surface area contributed by atoms with E-state index in [0.29, 0.717) is 6.92 Å². The standard InChI is InChI=1S/C18H29F6NO6S/c1-8-16(7,9-14(3,4)12(26)31-11(2)17(19,20)21)13(27)30-10-15(5,6)25-32(28,29)18(22,23)24/h11,25H,8-10H2,1-7H3. The van der Waals surface area contributed by atoms with Crippen LogP contribution in [-0.2, 0) is 29.1 Å². The molecule has 0 spiro atoms. The van der Waals surface area contributed by atoms with Crippen molar-refractivity contribution in [2.24, 2.45) is 10.8 Å². The monoisotopic (exact) mass is 501 g/mol. The number of carbonyl (C=O) groups excluding carboxylic acids is 2. The average Bonchev–Trinajstić information content (AvgIpc) is 2.56. The van der Waals surface area contributed by atoms with Crippen molar-refractivity contribution in [2.75, 3.05) is 6.61 Å². The Kier molecular flexibility index (Phi) is 9.26. The van der Waals surface area contributed by atoms with Crippen LogP contribution in [0.5, 0.6) is 0 Å². The van der Waals surface area contributed by atoms with E-state index in [9.17, 15) is 44.3 Å². The maximum absolute atomic E-state index is 12.7. The molecule has 0 bridgehead atoms. The Bertz CT molecular complexity index is 791. The van der Waals surface area contributed by atoms with Gasteiger partial charge in [-0.05, 0) is 54.4 Å². The molecule has 0 aromatic heterocycles. The second-order valence-corrected chi connectivity index (χ2v) is 10.7. The van der Waals surface area contributed by atoms with Crippen LogP contribution in [0.15, 0.2) is 0 Å². The van der Waals surface area contributed by atoms with E-state index in [4.69, 9.17) is 4.74 Å². The zero-order valence-electron chi connectivity index (χ0n) is 18.8. The first-order valence-electron chi connectivity index (χ1n) is 9.45. The Balaban J connectivity index is 5.35. The van der Waals surface area contributed by atoms with Gasteiger partial charge in [-0.3, -0.25) is 9.59 Å². The predicted molar refractivity (Wildman–Crippen MR) is 102 cm³/mol. The van der Waals surface area contributed by atoms with Gasteiger partial charge in [0, 0.05) is 0 Å². The van der Waals surface area contributed by atoms with Crippen LogP contribution in [0.1, 0.15) is 61.3 Å². The van der Waals surface area contributed by atoms with Gasteiger partial charge < -0.3 is 9.47 Å². The predicted octanol–water partition coefficient (Wildman–Crippen LogP) is 4.07. The molecule has 0 saturated heterocycles. The molecule has 190 valence electrons. The average molecular weight is 501 g/mol. The Morgan fingerprint density at radius 1 is 0.938 bits per heavy atom. The molecular weight excluding hydrogens is 472 g/mol. The fourth-order valence-electron chi connectivity index (χ4n) is 2.65. The molecule has 0 rings (SSSR count). The molecule has 14 heteroatoms. The number of alkyl halides is 6. The van der Waals surface area contributed by atoms with Crippen molar-refractivity contribution >= 4 is 22.0 Å². The second kappa shape index (κ2) is 9.74. The van der Waals surface area contributed by atoms with E-state index >= 15 is 0 Å². The fourth-order valence-corrected chi connectivity index (χ4v) is 3.55. The second-order valence-electron chi connectivity index (χ2n) is 9.08. The quantitative estimate of drug-likeness (QED) is 0.358. The number of hydrogen-bond acceptors (Lipinski definition) is 6. The van der Waals surface area contributed by atoms with Crippen LogP contribution in [0.2, 0.25) is 0 Å². The van der Waals surface area contributed by atoms with Crippen molar-refractivity contribution in [3.63, 3.8) is 0 Å². The number of esters is 2. The Morgan fingerprint density at radius 2 is 1.41 bits per heavy atom. The summed E-state index contributed by atoms with van der Waals surface area (Å²) in [5.41, 5.74) is -10.4. The molecule has 0 aromatic rings. The Morgan fingerprint density at radius 3 is 1.78 bits per heavy atom. The van der Waals surface area contributed by atoms with Gasteiger partial charge in [0.05, 0.1) is 16.4 Å². The first-order valence-corrected chi connectivity index (χ1v) is 10.9. The van der Waals surface area contributed by atoms with Crippen molar-refractivity contribution < 1.29 is 53.8 Å². The molecule has 7 nitrogen and oxygen atoms in total. The van der Waals surface area contributed by atoms with Gasteiger partial charge in [0.1, 0.15) is 6.61 Å². The highest BCUT2D eigenvalue weighted by atomic mass is 32.2. The first-order chi connectivity index (χ1) is 13.9. The molecule has 0 fully saturated rings. The number of rotatable bonds is 10. The minimum Gasteiger partial charge on any atom is -0.463 e. The van der Waals surface area contributed by atoms with Crippen LogP contribution in [0.25, 0.3) is 0 Å². The summed E-state index contributed by atoms with van der Waals surface area (Å²) in [4.78, 5) is 24.9. The molecule has 0 radical (unpaired) electrons. The first kappa shape index (κ1) is 30.4. The van der Waals surface area contributed by atoms with E-state index in [1.807, 2.05) is 0 Å². The minimum atomic E-state index is -5.70. The third-order valence-electron chi connectivity index (χ3n) is 4.68. The molecule has 2 unspecified atom stereocenters. The minimum absolute atomic E-state index is 0.0616. The molecule has 32 heavy (non-hydrogen) atoms. The molecule has 0 heterocycles. The molecule has 0 amide bonds. The molecule has 0 aromatic carbocycles. The van der Waals surface area contributed by atoms with Gasteiger partial charge in [-0.2, -0.15) is 31.1 Å². The Labute approximate surface area is 183 Å². The van der Waals surface area contributed by atoms with Gasteiger partial charge in [-0.1, -0.05) is 6.92 Å². The number of hydrogen-bond donors (Lipinski definition) is 1. The molecule has 0 aliphatic carbocycles. The van der Waals surface area contributed by atoms with Gasteiger partial charge in [0.15, 0.2) is 6.10 Å². The van der Waals surface area contributed by atoms with Crippen LogP contribution < -0.4 is 4.72 Å². The number of nitrogens with one attached hydrogen (secondary N) is 1. The van der Waals surface area contributed by atoms with Crippen LogP contribution >= 0.6 is 0 Å². The third-order valence-corrected chi connectivity index (χ3v) is 6.11. The summed E-state index contributed by atoms with van der Waals surface area (Å²) in [5.74, 6) is -2.17. The molecule has 1 N–H and O–H groups in total. The van der Waals surface area contributed by atoms with Crippen LogP contribution in [0.4, 0.5) is 26.3 Å². The third kappa shape index (κ3) is 8.41. The van der Waals surface area contributed by atoms with E-state index in [0.717, 1.165) is 13.8 Å². The largest absolute Gasteiger partial charge is 0.511 e. The lowest BCUT2D eigenvalue weighted by atomic mass is 9.72. The number of ether oxygens (including phenoxy) is 2. The number of halogens is 6. The maximum Gasteiger partial charge on any atom is 0.511 e. The summed E-state index contributed by atoms with van der Waals surface area (Å²) in [6.45, 7) is 7.47. The smallest absolute Gasteiger partial charge is 0.463 e. The van der Waals surface area contributed by atoms with Gasteiger partial charge in [-0.25, -0.2) is 8.42 Å². The van der Waals surface area contributed by atoms with E-state index in [2.05, 4.69) is 4.74 Å². The van der Waals surface area contributed by atoms with Crippen molar-refractivity contribution in [3.8, 4) is 0 Å². The zero-order valence-corrected chi connectivity index (χ0v) is 19.6. The summed E-state index contributed by atoms with van der Waals surface area (Å²) >= 11 is 0. The van der Waals surface area contributed by atoms with E-state index in [1.54, 1.807) is 6.92 Å². The van der Waals surface area contributed by atoms with Crippen LogP contribution in [0.3, 0.4) is 0 Å². The Hall–Kier alpha value is -1.57. The summed E-state index contributed by atoms with van der Waals surface area (Å²) in [6, 6.07) is 0. The van der Waals surface area contributed by atoms with Crippen LogP contribution in [0, 0.1) is 10.8 Å². The lowest BCUT2D eigenvalue weighted by molar-refractivity contribution is -0.222. The lowest BCUT2D eigenvalue weighted by Gasteiger charge is -2.35. The number of carbonyl (C=O) groups is 2. The maximum atomic E-state index is 12.7. The lowest BCUT2D eigenvalue weighted by Crippen LogP contribution is -2.52. The normalized spacial score (nSPS) is 16.8. The van der Waals surface area contributed by atoms with Gasteiger partial charge in [0.2, 0.25) is 0 Å². The van der Waals surface area contributed by atoms with Crippen molar-refractivity contribution in [1.82, 2.24) is 4.72 Å². The van der Waals surface area contributed by atoms with Crippen LogP contribution in [-0.4, -0.2) is 50.3 Å². The van der Waals surface area contributed by atoms with Gasteiger partial charge >= 0.3 is 33.6 Å². The van der Waals surface area contributed by atoms with Crippen molar-refractivity contribution in [3.05, 3.63) is 0 Å². The van der Waals surface area contributed by atoms with Crippen molar-refractivity contribution in [2.45, 2.75) is 84.6 Å². The van der Waals surface area contributed by atoms with E-state index in [1.165, 1.54) is 25.5 Å². The summed E-state index contributed by atoms with van der Waals surface area (Å²) < 4.78 is 109. The zero-order chi connectivity index (χ0) is 26.0. The highest BCUT2D eigenvalue weighted by Gasteiger charge is 2.49. The van der Waals surface area contributed by atoms with E-state index in [-0.39, 0.29) is 12.8 Å². The fraction of sp³-hybridized carbons (Fsp3) is 0.889. The topological polar surface area (TPSA) is 98.8 Å². The SMILES string of the molecule is CCC(C)(CC(C)(C)C(=O)OC(C)C(F)(F)F)C(=O)OCC(C)(C)NS(=O)(=O)C(F)(F)F. The van der Waals surface area contributed by atoms with Gasteiger partial charge in [0.25, 0.3) is 0 Å². The molecule has 0 aliphatic heterocycles. The van der Waals surface area contributed by atoms with Gasteiger partial charge in [-0.15, -0.1) is 0 Å². The summed E-state index contributed by atoms with van der Waals surface area (Å²) in [5, 5.41) is 0. The summed E-state index contributed by atoms with van der Waals surface area (Å²) in [7, 11) is -5.70. The molecular formula is C18H29F6NO6S. The highest BCUT2D eigenvalue weighted by Crippen LogP contribution is 2.39. The van der Waals surface area contributed by atoms with E-state index < -0.39 is 62.7 Å². The highest BCUT2D eigenvalue weighted by molar-refractivity contribution is 7.90. The number of sulfonamides is 1.